The first-order chi connectivity index (χ1) is 16.4. The lowest BCUT2D eigenvalue weighted by molar-refractivity contribution is -0.384. The summed E-state index contributed by atoms with van der Waals surface area (Å²) >= 11 is 0. The Morgan fingerprint density at radius 2 is 1.44 bits per heavy atom. The van der Waals surface area contributed by atoms with E-state index in [1.54, 1.807) is 24.3 Å². The third kappa shape index (κ3) is 4.33. The molecule has 0 aliphatic carbocycles. The van der Waals surface area contributed by atoms with Gasteiger partial charge in [-0.1, -0.05) is 30.3 Å². The summed E-state index contributed by atoms with van der Waals surface area (Å²) in [6, 6.07) is 18.2. The summed E-state index contributed by atoms with van der Waals surface area (Å²) in [6.45, 7) is 3.44. The lowest BCUT2D eigenvalue weighted by Gasteiger charge is -2.36. The minimum atomic E-state index is -3.59. The zero-order valence-electron chi connectivity index (χ0n) is 19.0. The number of piperazine rings is 1. The summed E-state index contributed by atoms with van der Waals surface area (Å²) in [4.78, 5) is 15.8. The molecule has 8 nitrogen and oxygen atoms in total. The van der Waals surface area contributed by atoms with Crippen LogP contribution in [0.5, 0.6) is 0 Å². The van der Waals surface area contributed by atoms with E-state index in [0.717, 1.165) is 48.8 Å². The first-order valence-electron chi connectivity index (χ1n) is 11.7. The van der Waals surface area contributed by atoms with Gasteiger partial charge in [-0.25, -0.2) is 8.42 Å². The monoisotopic (exact) mass is 480 g/mol. The summed E-state index contributed by atoms with van der Waals surface area (Å²) in [5.74, 6) is 0. The fraction of sp³-hybridized carbons (Fsp3) is 0.360. The highest BCUT2D eigenvalue weighted by Crippen LogP contribution is 2.35. The number of nitrogens with zero attached hydrogens (tertiary/aromatic N) is 4. The van der Waals surface area contributed by atoms with Crippen molar-refractivity contribution in [2.75, 3.05) is 49.1 Å². The number of fused-ring (bicyclic) bond motifs is 1. The number of anilines is 2. The first kappa shape index (κ1) is 22.6. The largest absolute Gasteiger partial charge is 0.369 e. The maximum Gasteiger partial charge on any atom is 0.292 e. The van der Waals surface area contributed by atoms with Gasteiger partial charge in [-0.15, -0.1) is 0 Å². The second kappa shape index (κ2) is 9.23. The molecule has 0 aromatic heterocycles. The average molecular weight is 481 g/mol. The van der Waals surface area contributed by atoms with E-state index in [0.29, 0.717) is 36.8 Å². The van der Waals surface area contributed by atoms with Crippen LogP contribution < -0.4 is 9.80 Å². The molecule has 0 atom stereocenters. The van der Waals surface area contributed by atoms with Gasteiger partial charge >= 0.3 is 0 Å². The SMILES string of the molecule is O=[N+]([O-])c1ccc(N2CCN(S(=O)(=O)c3ccc4ccccc4c3)CC2)cc1N1CCCCC1. The van der Waals surface area contributed by atoms with Crippen molar-refractivity contribution in [2.24, 2.45) is 0 Å². The third-order valence-electron chi connectivity index (χ3n) is 6.81. The number of nitro groups is 1. The van der Waals surface area contributed by atoms with Crippen molar-refractivity contribution in [3.63, 3.8) is 0 Å². The van der Waals surface area contributed by atoms with Gasteiger partial charge in [-0.3, -0.25) is 10.1 Å². The molecule has 0 amide bonds. The predicted octanol–water partition coefficient (Wildman–Crippen LogP) is 4.25. The van der Waals surface area contributed by atoms with E-state index >= 15 is 0 Å². The molecular weight excluding hydrogens is 452 g/mol. The standard InChI is InChI=1S/C25H28N4O4S/c30-29(31)24-11-9-22(19-25(24)27-12-4-1-5-13-27)26-14-16-28(17-15-26)34(32,33)23-10-8-20-6-2-3-7-21(20)18-23/h2-3,6-11,18-19H,1,4-5,12-17H2. The number of nitro benzene ring substituents is 1. The van der Waals surface area contributed by atoms with Crippen molar-refractivity contribution in [3.05, 3.63) is 70.8 Å². The summed E-state index contributed by atoms with van der Waals surface area (Å²) < 4.78 is 28.1. The third-order valence-corrected chi connectivity index (χ3v) is 8.71. The van der Waals surface area contributed by atoms with E-state index in [4.69, 9.17) is 0 Å². The van der Waals surface area contributed by atoms with Crippen molar-refractivity contribution in [1.29, 1.82) is 0 Å². The van der Waals surface area contributed by atoms with Gasteiger partial charge in [0.25, 0.3) is 5.69 Å². The fourth-order valence-corrected chi connectivity index (χ4v) is 6.37. The number of benzene rings is 3. The molecule has 5 rings (SSSR count). The minimum Gasteiger partial charge on any atom is -0.369 e. The van der Waals surface area contributed by atoms with Gasteiger partial charge in [0.15, 0.2) is 0 Å². The number of hydrogen-bond acceptors (Lipinski definition) is 6. The van der Waals surface area contributed by atoms with Gasteiger partial charge < -0.3 is 9.80 Å². The molecule has 3 aromatic rings. The first-order valence-corrected chi connectivity index (χ1v) is 13.1. The minimum absolute atomic E-state index is 0.128. The van der Waals surface area contributed by atoms with Crippen LogP contribution in [0.2, 0.25) is 0 Å². The number of piperidine rings is 1. The zero-order valence-corrected chi connectivity index (χ0v) is 19.8. The molecule has 3 aromatic carbocycles. The van der Waals surface area contributed by atoms with Crippen molar-refractivity contribution in [2.45, 2.75) is 24.2 Å². The zero-order chi connectivity index (χ0) is 23.7. The van der Waals surface area contributed by atoms with Crippen molar-refractivity contribution < 1.29 is 13.3 Å². The van der Waals surface area contributed by atoms with Gasteiger partial charge in [0.1, 0.15) is 5.69 Å². The summed E-state index contributed by atoms with van der Waals surface area (Å²) in [7, 11) is -3.59. The van der Waals surface area contributed by atoms with Crippen LogP contribution in [0, 0.1) is 10.1 Å². The van der Waals surface area contributed by atoms with E-state index in [2.05, 4.69) is 9.80 Å². The Morgan fingerprint density at radius 3 is 2.15 bits per heavy atom. The van der Waals surface area contributed by atoms with E-state index < -0.39 is 10.0 Å². The molecule has 2 saturated heterocycles. The average Bonchev–Trinajstić information content (AvgIpc) is 2.88. The Kier molecular flexibility index (Phi) is 6.14. The Bertz CT molecular complexity index is 1310. The molecule has 0 bridgehead atoms. The lowest BCUT2D eigenvalue weighted by atomic mass is 10.1. The van der Waals surface area contributed by atoms with Gasteiger partial charge in [0.05, 0.1) is 9.82 Å². The smallest absolute Gasteiger partial charge is 0.292 e. The van der Waals surface area contributed by atoms with Crippen LogP contribution in [0.15, 0.2) is 65.6 Å². The molecule has 2 aliphatic heterocycles. The van der Waals surface area contributed by atoms with Crippen LogP contribution in [0.1, 0.15) is 19.3 Å². The molecule has 178 valence electrons. The fourth-order valence-electron chi connectivity index (χ4n) is 4.91. The van der Waals surface area contributed by atoms with Gasteiger partial charge in [0.2, 0.25) is 10.0 Å². The van der Waals surface area contributed by atoms with Crippen LogP contribution in [0.25, 0.3) is 10.8 Å². The lowest BCUT2D eigenvalue weighted by Crippen LogP contribution is -2.48. The number of sulfonamides is 1. The highest BCUT2D eigenvalue weighted by atomic mass is 32.2. The molecule has 0 spiro atoms. The van der Waals surface area contributed by atoms with E-state index in [9.17, 15) is 18.5 Å². The van der Waals surface area contributed by atoms with Crippen molar-refractivity contribution >= 4 is 37.9 Å². The number of hydrogen-bond donors (Lipinski definition) is 0. The highest BCUT2D eigenvalue weighted by molar-refractivity contribution is 7.89. The van der Waals surface area contributed by atoms with Crippen molar-refractivity contribution in [1.82, 2.24) is 4.31 Å². The molecule has 2 fully saturated rings. The summed E-state index contributed by atoms with van der Waals surface area (Å²) in [6.07, 6.45) is 3.22. The van der Waals surface area contributed by atoms with E-state index in [1.165, 1.54) is 4.31 Å². The topological polar surface area (TPSA) is 87.0 Å². The van der Waals surface area contributed by atoms with E-state index in [-0.39, 0.29) is 10.6 Å². The number of rotatable bonds is 5. The van der Waals surface area contributed by atoms with Crippen LogP contribution in [-0.4, -0.2) is 56.9 Å². The molecule has 2 aliphatic rings. The molecular formula is C25H28N4O4S. The Morgan fingerprint density at radius 1 is 0.735 bits per heavy atom. The molecule has 0 radical (unpaired) electrons. The molecule has 0 saturated carbocycles. The molecule has 2 heterocycles. The van der Waals surface area contributed by atoms with Crippen LogP contribution >= 0.6 is 0 Å². The van der Waals surface area contributed by atoms with Crippen LogP contribution in [0.4, 0.5) is 17.1 Å². The quantitative estimate of drug-likeness (QED) is 0.401. The normalized spacial score (nSPS) is 17.8. The summed E-state index contributed by atoms with van der Waals surface area (Å²) in [5, 5.41) is 13.5. The van der Waals surface area contributed by atoms with Gasteiger partial charge in [0, 0.05) is 51.0 Å². The second-order valence-electron chi connectivity index (χ2n) is 8.88. The predicted molar refractivity (Wildman–Crippen MR) is 134 cm³/mol. The van der Waals surface area contributed by atoms with Gasteiger partial charge in [-0.05, 0) is 54.3 Å². The molecule has 34 heavy (non-hydrogen) atoms. The summed E-state index contributed by atoms with van der Waals surface area (Å²) in [5.41, 5.74) is 1.69. The van der Waals surface area contributed by atoms with E-state index in [1.807, 2.05) is 36.4 Å². The Hall–Kier alpha value is -3.17. The maximum atomic E-state index is 13.3. The second-order valence-corrected chi connectivity index (χ2v) is 10.8. The van der Waals surface area contributed by atoms with Crippen LogP contribution in [0.3, 0.4) is 0 Å². The Balaban J connectivity index is 1.34. The van der Waals surface area contributed by atoms with Crippen molar-refractivity contribution in [3.8, 4) is 0 Å². The highest BCUT2D eigenvalue weighted by Gasteiger charge is 2.30. The maximum absolute atomic E-state index is 13.3. The molecule has 9 heteroatoms. The molecule has 0 unspecified atom stereocenters. The van der Waals surface area contributed by atoms with Gasteiger partial charge in [-0.2, -0.15) is 4.31 Å². The van der Waals surface area contributed by atoms with Crippen LogP contribution in [-0.2, 0) is 10.0 Å². The molecule has 0 N–H and O–H groups in total. The Labute approximate surface area is 199 Å².